The van der Waals surface area contributed by atoms with Crippen LogP contribution in [0.4, 0.5) is 0 Å². The van der Waals surface area contributed by atoms with Crippen LogP contribution in [0.3, 0.4) is 0 Å². The Kier molecular flexibility index (Phi) is 4.72. The maximum absolute atomic E-state index is 12.0. The van der Waals surface area contributed by atoms with E-state index in [0.29, 0.717) is 5.78 Å². The fraction of sp³-hybridized carbons (Fsp3) is 0.533. The lowest BCUT2D eigenvalue weighted by molar-refractivity contribution is -0.123. The lowest BCUT2D eigenvalue weighted by atomic mass is 9.71. The summed E-state index contributed by atoms with van der Waals surface area (Å²) in [6.07, 6.45) is 4.02. The third-order valence-corrected chi connectivity index (χ3v) is 3.35. The fourth-order valence-electron chi connectivity index (χ4n) is 2.58. The van der Waals surface area contributed by atoms with Crippen LogP contribution >= 0.6 is 0 Å². The highest BCUT2D eigenvalue weighted by Crippen LogP contribution is 2.35. The molecule has 0 saturated heterocycles. The number of rotatable bonds is 6. The molecule has 0 spiro atoms. The average Bonchev–Trinajstić information content (AvgIpc) is 2.29. The van der Waals surface area contributed by atoms with E-state index in [4.69, 9.17) is 0 Å². The minimum absolute atomic E-state index is 0.245. The highest BCUT2D eigenvalue weighted by Gasteiger charge is 2.34. The van der Waals surface area contributed by atoms with Crippen molar-refractivity contribution in [1.82, 2.24) is 0 Å². The van der Waals surface area contributed by atoms with Gasteiger partial charge < -0.3 is 0 Å². The summed E-state index contributed by atoms with van der Waals surface area (Å²) in [5, 5.41) is 0. The molecule has 0 radical (unpaired) electrons. The third-order valence-electron chi connectivity index (χ3n) is 3.35. The van der Waals surface area contributed by atoms with Crippen molar-refractivity contribution in [3.63, 3.8) is 0 Å². The Morgan fingerprint density at radius 2 is 1.56 bits per heavy atom. The second-order valence-corrected chi connectivity index (χ2v) is 4.50. The first-order chi connectivity index (χ1) is 7.67. The molecule has 0 amide bonds. The van der Waals surface area contributed by atoms with Gasteiger partial charge in [-0.2, -0.15) is 0 Å². The molecule has 1 aromatic carbocycles. The van der Waals surface area contributed by atoms with E-state index in [2.05, 4.69) is 26.0 Å². The summed E-state index contributed by atoms with van der Waals surface area (Å²) < 4.78 is 0. The van der Waals surface area contributed by atoms with E-state index in [1.165, 1.54) is 5.56 Å². The van der Waals surface area contributed by atoms with E-state index in [0.717, 1.165) is 25.7 Å². The van der Waals surface area contributed by atoms with Crippen LogP contribution in [0.5, 0.6) is 0 Å². The van der Waals surface area contributed by atoms with Crippen LogP contribution in [0.2, 0.25) is 0 Å². The molecule has 0 saturated carbocycles. The van der Waals surface area contributed by atoms with Crippen LogP contribution in [0, 0.1) is 0 Å². The molecule has 0 aliphatic rings. The molecule has 0 fully saturated rings. The second-order valence-electron chi connectivity index (χ2n) is 4.50. The van der Waals surface area contributed by atoms with Crippen molar-refractivity contribution in [2.24, 2.45) is 0 Å². The smallest absolute Gasteiger partial charge is 0.140 e. The third kappa shape index (κ3) is 2.52. The molecule has 0 aliphatic heterocycles. The van der Waals surface area contributed by atoms with Gasteiger partial charge in [-0.05, 0) is 25.3 Å². The molecular weight excluding hydrogens is 196 g/mol. The summed E-state index contributed by atoms with van der Waals surface area (Å²) in [5.41, 5.74) is 0.941. The van der Waals surface area contributed by atoms with Gasteiger partial charge in [-0.3, -0.25) is 4.79 Å². The van der Waals surface area contributed by atoms with E-state index in [9.17, 15) is 4.79 Å². The van der Waals surface area contributed by atoms with Crippen LogP contribution in [-0.2, 0) is 10.2 Å². The van der Waals surface area contributed by atoms with Crippen LogP contribution < -0.4 is 0 Å². The molecule has 0 atom stereocenters. The predicted octanol–water partition coefficient (Wildman–Crippen LogP) is 4.11. The Hall–Kier alpha value is -1.11. The molecule has 1 heteroatoms. The number of hydrogen-bond donors (Lipinski definition) is 0. The zero-order valence-electron chi connectivity index (χ0n) is 10.6. The van der Waals surface area contributed by atoms with Crippen LogP contribution in [0.1, 0.15) is 52.0 Å². The van der Waals surface area contributed by atoms with Crippen molar-refractivity contribution in [3.05, 3.63) is 35.9 Å². The lowest BCUT2D eigenvalue weighted by Crippen LogP contribution is -2.34. The number of carbonyl (C=O) groups excluding carboxylic acids is 1. The van der Waals surface area contributed by atoms with Gasteiger partial charge in [-0.25, -0.2) is 0 Å². The van der Waals surface area contributed by atoms with E-state index < -0.39 is 0 Å². The monoisotopic (exact) mass is 218 g/mol. The van der Waals surface area contributed by atoms with E-state index >= 15 is 0 Å². The van der Waals surface area contributed by atoms with Crippen LogP contribution in [-0.4, -0.2) is 5.78 Å². The van der Waals surface area contributed by atoms with E-state index in [1.807, 2.05) is 18.2 Å². The molecule has 88 valence electrons. The topological polar surface area (TPSA) is 17.1 Å². The maximum atomic E-state index is 12.0. The molecular formula is C15H22O. The quantitative estimate of drug-likeness (QED) is 0.702. The van der Waals surface area contributed by atoms with Crippen molar-refractivity contribution >= 4 is 5.78 Å². The van der Waals surface area contributed by atoms with Crippen LogP contribution in [0.25, 0.3) is 0 Å². The van der Waals surface area contributed by atoms with Gasteiger partial charge >= 0.3 is 0 Å². The zero-order chi connectivity index (χ0) is 12.0. The highest BCUT2D eigenvalue weighted by molar-refractivity contribution is 5.88. The van der Waals surface area contributed by atoms with Crippen molar-refractivity contribution in [1.29, 1.82) is 0 Å². The van der Waals surface area contributed by atoms with Gasteiger partial charge in [-0.1, -0.05) is 57.0 Å². The SMILES string of the molecule is CCCC(CCC)(C(C)=O)c1ccccc1. The van der Waals surface area contributed by atoms with Crippen molar-refractivity contribution in [2.75, 3.05) is 0 Å². The molecule has 0 aromatic heterocycles. The maximum Gasteiger partial charge on any atom is 0.140 e. The van der Waals surface area contributed by atoms with Gasteiger partial charge in [0.1, 0.15) is 5.78 Å². The Morgan fingerprint density at radius 3 is 1.94 bits per heavy atom. The minimum atomic E-state index is -0.245. The summed E-state index contributed by atoms with van der Waals surface area (Å²) in [7, 11) is 0. The molecule has 0 heterocycles. The minimum Gasteiger partial charge on any atom is -0.299 e. The Morgan fingerprint density at radius 1 is 1.06 bits per heavy atom. The molecule has 1 rings (SSSR count). The van der Waals surface area contributed by atoms with Gasteiger partial charge in [0.05, 0.1) is 5.41 Å². The number of carbonyl (C=O) groups is 1. The number of hydrogen-bond acceptors (Lipinski definition) is 1. The van der Waals surface area contributed by atoms with Gasteiger partial charge in [0.2, 0.25) is 0 Å². The molecule has 1 nitrogen and oxygen atoms in total. The van der Waals surface area contributed by atoms with Gasteiger partial charge in [0.25, 0.3) is 0 Å². The van der Waals surface area contributed by atoms with E-state index in [-0.39, 0.29) is 5.41 Å². The first kappa shape index (κ1) is 13.0. The average molecular weight is 218 g/mol. The molecule has 16 heavy (non-hydrogen) atoms. The lowest BCUT2D eigenvalue weighted by Gasteiger charge is -2.31. The zero-order valence-corrected chi connectivity index (χ0v) is 10.6. The summed E-state index contributed by atoms with van der Waals surface area (Å²) in [5.74, 6) is 0.308. The van der Waals surface area contributed by atoms with Crippen molar-refractivity contribution in [2.45, 2.75) is 51.9 Å². The normalized spacial score (nSPS) is 11.4. The largest absolute Gasteiger partial charge is 0.299 e. The summed E-state index contributed by atoms with van der Waals surface area (Å²) in [6.45, 7) is 6.03. The molecule has 1 aromatic rings. The first-order valence-electron chi connectivity index (χ1n) is 6.24. The Bertz CT molecular complexity index is 321. The summed E-state index contributed by atoms with van der Waals surface area (Å²) >= 11 is 0. The Balaban J connectivity index is 3.15. The summed E-state index contributed by atoms with van der Waals surface area (Å²) in [6, 6.07) is 10.2. The van der Waals surface area contributed by atoms with Gasteiger partial charge in [-0.15, -0.1) is 0 Å². The van der Waals surface area contributed by atoms with Crippen LogP contribution in [0.15, 0.2) is 30.3 Å². The molecule has 0 unspecified atom stereocenters. The van der Waals surface area contributed by atoms with Gasteiger partial charge in [0, 0.05) is 0 Å². The number of Topliss-reactive ketones (excluding diaryl/α,β-unsaturated/α-hetero) is 1. The number of ketones is 1. The van der Waals surface area contributed by atoms with Crippen molar-refractivity contribution < 1.29 is 4.79 Å². The second kappa shape index (κ2) is 5.83. The molecule has 0 aliphatic carbocycles. The molecule has 0 N–H and O–H groups in total. The number of benzene rings is 1. The fourth-order valence-corrected chi connectivity index (χ4v) is 2.58. The van der Waals surface area contributed by atoms with Gasteiger partial charge in [0.15, 0.2) is 0 Å². The highest BCUT2D eigenvalue weighted by atomic mass is 16.1. The van der Waals surface area contributed by atoms with E-state index in [1.54, 1.807) is 6.92 Å². The molecule has 0 bridgehead atoms. The standard InChI is InChI=1S/C15H22O/c1-4-11-15(12-5-2,13(3)16)14-9-7-6-8-10-14/h6-10H,4-5,11-12H2,1-3H3. The first-order valence-corrected chi connectivity index (χ1v) is 6.24. The summed E-state index contributed by atoms with van der Waals surface area (Å²) in [4.78, 5) is 12.0. The Labute approximate surface area is 98.9 Å². The predicted molar refractivity (Wildman–Crippen MR) is 68.6 cm³/mol. The van der Waals surface area contributed by atoms with Crippen molar-refractivity contribution in [3.8, 4) is 0 Å².